The van der Waals surface area contributed by atoms with E-state index in [1.165, 1.54) is 22.6 Å². The Morgan fingerprint density at radius 1 is 0.943 bits per heavy atom. The third-order valence-corrected chi connectivity index (χ3v) is 6.97. The molecule has 0 atom stereocenters. The highest BCUT2D eigenvalue weighted by molar-refractivity contribution is 7.10. The summed E-state index contributed by atoms with van der Waals surface area (Å²) >= 11 is 1.60. The van der Waals surface area contributed by atoms with E-state index < -0.39 is 0 Å². The van der Waals surface area contributed by atoms with Crippen LogP contribution in [0.15, 0.2) is 60.0 Å². The van der Waals surface area contributed by atoms with Gasteiger partial charge in [-0.05, 0) is 79.1 Å². The van der Waals surface area contributed by atoms with Crippen molar-refractivity contribution >= 4 is 29.0 Å². The van der Waals surface area contributed by atoms with Crippen molar-refractivity contribution in [3.8, 4) is 0 Å². The van der Waals surface area contributed by atoms with Gasteiger partial charge in [-0.1, -0.05) is 38.1 Å². The maximum Gasteiger partial charge on any atom is 0.322 e. The monoisotopic (exact) mass is 495 g/mol. The Kier molecular flexibility index (Phi) is 9.04. The lowest BCUT2D eigenvalue weighted by molar-refractivity contribution is -0.133. The summed E-state index contributed by atoms with van der Waals surface area (Å²) < 4.78 is 13.4. The smallest absolute Gasteiger partial charge is 0.322 e. The summed E-state index contributed by atoms with van der Waals surface area (Å²) in [6.07, 6.45) is 0. The zero-order valence-corrected chi connectivity index (χ0v) is 21.9. The quantitative estimate of drug-likeness (QED) is 0.355. The molecule has 3 amide bonds. The van der Waals surface area contributed by atoms with Crippen molar-refractivity contribution in [3.05, 3.63) is 87.4 Å². The SMILES string of the molecule is Cc1ccsc1CN(Cc1ccc(F)cc1)C(=O)CN(C(=O)Nc1ccc(C(C)C)cc1)C(C)C. The van der Waals surface area contributed by atoms with E-state index in [4.69, 9.17) is 0 Å². The van der Waals surface area contributed by atoms with Crippen LogP contribution in [0.4, 0.5) is 14.9 Å². The normalized spacial score (nSPS) is 11.1. The van der Waals surface area contributed by atoms with Crippen molar-refractivity contribution in [2.24, 2.45) is 0 Å². The van der Waals surface area contributed by atoms with Gasteiger partial charge in [-0.25, -0.2) is 9.18 Å². The van der Waals surface area contributed by atoms with Gasteiger partial charge in [-0.3, -0.25) is 4.79 Å². The topological polar surface area (TPSA) is 52.7 Å². The molecule has 2 aromatic carbocycles. The number of rotatable bonds is 9. The highest BCUT2D eigenvalue weighted by Gasteiger charge is 2.24. The first kappa shape index (κ1) is 26.4. The molecular formula is C28H34FN3O2S. The molecule has 7 heteroatoms. The minimum atomic E-state index is -0.320. The number of aryl methyl sites for hydroxylation is 1. The number of nitrogens with one attached hydrogen (secondary N) is 1. The Balaban J connectivity index is 1.75. The predicted octanol–water partition coefficient (Wildman–Crippen LogP) is 6.79. The second kappa shape index (κ2) is 12.0. The highest BCUT2D eigenvalue weighted by atomic mass is 32.1. The van der Waals surface area contributed by atoms with Gasteiger partial charge in [0, 0.05) is 23.2 Å². The van der Waals surface area contributed by atoms with Gasteiger partial charge in [0.15, 0.2) is 0 Å². The molecule has 186 valence electrons. The lowest BCUT2D eigenvalue weighted by atomic mass is 10.0. The Bertz CT molecular complexity index is 1120. The lowest BCUT2D eigenvalue weighted by Crippen LogP contribution is -2.47. The van der Waals surface area contributed by atoms with Gasteiger partial charge in [-0.15, -0.1) is 11.3 Å². The number of thiophene rings is 1. The second-order valence-electron chi connectivity index (χ2n) is 9.33. The van der Waals surface area contributed by atoms with Crippen molar-refractivity contribution in [2.75, 3.05) is 11.9 Å². The van der Waals surface area contributed by atoms with E-state index in [0.717, 1.165) is 16.0 Å². The molecule has 0 unspecified atom stereocenters. The van der Waals surface area contributed by atoms with Crippen molar-refractivity contribution < 1.29 is 14.0 Å². The van der Waals surface area contributed by atoms with E-state index in [1.807, 2.05) is 56.5 Å². The summed E-state index contributed by atoms with van der Waals surface area (Å²) in [6.45, 7) is 10.8. The molecule has 0 bridgehead atoms. The summed E-state index contributed by atoms with van der Waals surface area (Å²) in [6, 6.07) is 15.5. The molecule has 0 aliphatic carbocycles. The fourth-order valence-electron chi connectivity index (χ4n) is 3.66. The van der Waals surface area contributed by atoms with E-state index >= 15 is 0 Å². The van der Waals surface area contributed by atoms with Crippen LogP contribution in [0, 0.1) is 12.7 Å². The number of benzene rings is 2. The minimum Gasteiger partial charge on any atom is -0.332 e. The van der Waals surface area contributed by atoms with Gasteiger partial charge < -0.3 is 15.1 Å². The van der Waals surface area contributed by atoms with Gasteiger partial charge in [0.1, 0.15) is 12.4 Å². The van der Waals surface area contributed by atoms with Crippen molar-refractivity contribution in [1.29, 1.82) is 0 Å². The fraction of sp³-hybridized carbons (Fsp3) is 0.357. The third-order valence-electron chi connectivity index (χ3n) is 5.96. The molecule has 1 heterocycles. The number of anilines is 1. The van der Waals surface area contributed by atoms with Crippen molar-refractivity contribution in [1.82, 2.24) is 9.80 Å². The average molecular weight is 496 g/mol. The third kappa shape index (κ3) is 7.39. The Morgan fingerprint density at radius 3 is 2.14 bits per heavy atom. The van der Waals surface area contributed by atoms with E-state index in [1.54, 1.807) is 28.4 Å². The molecule has 0 radical (unpaired) electrons. The van der Waals surface area contributed by atoms with Gasteiger partial charge in [-0.2, -0.15) is 0 Å². The number of carbonyl (C=O) groups excluding carboxylic acids is 2. The predicted molar refractivity (Wildman–Crippen MR) is 141 cm³/mol. The second-order valence-corrected chi connectivity index (χ2v) is 10.3. The molecule has 5 nitrogen and oxygen atoms in total. The van der Waals surface area contributed by atoms with Crippen LogP contribution in [0.25, 0.3) is 0 Å². The number of nitrogens with zero attached hydrogens (tertiary/aromatic N) is 2. The van der Waals surface area contributed by atoms with Gasteiger partial charge in [0.25, 0.3) is 0 Å². The average Bonchev–Trinajstić information content (AvgIpc) is 3.22. The van der Waals surface area contributed by atoms with Crippen LogP contribution in [0.2, 0.25) is 0 Å². The van der Waals surface area contributed by atoms with Crippen LogP contribution in [-0.2, 0) is 17.9 Å². The molecule has 0 aliphatic heterocycles. The van der Waals surface area contributed by atoms with Gasteiger partial charge >= 0.3 is 6.03 Å². The molecule has 0 saturated carbocycles. The molecule has 1 N–H and O–H groups in total. The molecule has 3 rings (SSSR count). The standard InChI is InChI=1S/C28H34FN3O2S/c1-19(2)23-8-12-25(13-9-23)30-28(34)32(20(3)4)18-27(33)31(17-26-21(5)14-15-35-26)16-22-6-10-24(29)11-7-22/h6-15,19-20H,16-18H2,1-5H3,(H,30,34). The van der Waals surface area contributed by atoms with E-state index in [2.05, 4.69) is 19.2 Å². The molecule has 35 heavy (non-hydrogen) atoms. The summed E-state index contributed by atoms with van der Waals surface area (Å²) in [5.41, 5.74) is 3.84. The van der Waals surface area contributed by atoms with E-state index in [9.17, 15) is 14.0 Å². The molecule has 3 aromatic rings. The molecule has 0 aliphatic rings. The zero-order valence-electron chi connectivity index (χ0n) is 21.0. The van der Waals surface area contributed by atoms with Crippen LogP contribution in [0.1, 0.15) is 55.2 Å². The Hall–Kier alpha value is -3.19. The molecule has 0 saturated heterocycles. The molecule has 1 aromatic heterocycles. The molecule has 0 spiro atoms. The highest BCUT2D eigenvalue weighted by Crippen LogP contribution is 2.21. The number of hydrogen-bond donors (Lipinski definition) is 1. The Labute approximate surface area is 211 Å². The first-order valence-corrected chi connectivity index (χ1v) is 12.7. The maximum atomic E-state index is 13.5. The van der Waals surface area contributed by atoms with Crippen LogP contribution in [0.3, 0.4) is 0 Å². The van der Waals surface area contributed by atoms with Crippen LogP contribution in [0.5, 0.6) is 0 Å². The van der Waals surface area contributed by atoms with E-state index in [-0.39, 0.29) is 30.3 Å². The summed E-state index contributed by atoms with van der Waals surface area (Å²) in [5.74, 6) is -0.0745. The Morgan fingerprint density at radius 2 is 1.60 bits per heavy atom. The van der Waals surface area contributed by atoms with Gasteiger partial charge in [0.2, 0.25) is 5.91 Å². The number of hydrogen-bond acceptors (Lipinski definition) is 3. The largest absolute Gasteiger partial charge is 0.332 e. The number of halogens is 1. The van der Waals surface area contributed by atoms with Crippen LogP contribution < -0.4 is 5.32 Å². The first-order chi connectivity index (χ1) is 16.6. The van der Waals surface area contributed by atoms with Crippen molar-refractivity contribution in [3.63, 3.8) is 0 Å². The summed E-state index contributed by atoms with van der Waals surface area (Å²) in [7, 11) is 0. The van der Waals surface area contributed by atoms with Crippen molar-refractivity contribution in [2.45, 2.75) is 59.7 Å². The minimum absolute atomic E-state index is 0.0564. The molecular weight excluding hydrogens is 461 g/mol. The number of urea groups is 1. The summed E-state index contributed by atoms with van der Waals surface area (Å²) in [5, 5.41) is 4.92. The molecule has 0 fully saturated rings. The van der Waals surface area contributed by atoms with Crippen LogP contribution >= 0.6 is 11.3 Å². The first-order valence-electron chi connectivity index (χ1n) is 11.9. The van der Waals surface area contributed by atoms with Crippen LogP contribution in [-0.4, -0.2) is 34.3 Å². The van der Waals surface area contributed by atoms with Gasteiger partial charge in [0.05, 0.1) is 6.54 Å². The summed E-state index contributed by atoms with van der Waals surface area (Å²) in [4.78, 5) is 30.9. The lowest BCUT2D eigenvalue weighted by Gasteiger charge is -2.30. The maximum absolute atomic E-state index is 13.5. The number of carbonyl (C=O) groups is 2. The fourth-order valence-corrected chi connectivity index (χ4v) is 4.58. The number of amides is 3. The van der Waals surface area contributed by atoms with E-state index in [0.29, 0.717) is 24.7 Å². The zero-order chi connectivity index (χ0) is 25.5.